The lowest BCUT2D eigenvalue weighted by molar-refractivity contribution is -0.134. The van der Waals surface area contributed by atoms with Crippen molar-refractivity contribution < 1.29 is 14.3 Å². The minimum absolute atomic E-state index is 0.0225. The van der Waals surface area contributed by atoms with Gasteiger partial charge in [-0.05, 0) is 44.4 Å². The van der Waals surface area contributed by atoms with Gasteiger partial charge in [0.25, 0.3) is 5.91 Å². The summed E-state index contributed by atoms with van der Waals surface area (Å²) in [6.07, 6.45) is 4.52. The molecule has 0 unspecified atom stereocenters. The maximum Gasteiger partial charge on any atom is 0.293 e. The van der Waals surface area contributed by atoms with Gasteiger partial charge in [-0.15, -0.1) is 0 Å². The molecular weight excluding hydrogens is 432 g/mol. The summed E-state index contributed by atoms with van der Waals surface area (Å²) in [7, 11) is 0. The van der Waals surface area contributed by atoms with Crippen LogP contribution in [-0.4, -0.2) is 51.4 Å². The number of hydrogen-bond donors (Lipinski definition) is 3. The van der Waals surface area contributed by atoms with Crippen molar-refractivity contribution >= 4 is 35.1 Å². The van der Waals surface area contributed by atoms with Gasteiger partial charge in [0.05, 0.1) is 28.8 Å². The standard InChI is InChI=1S/C22H25ClN6O3/c1-13-11-14(7-10-32-13)29-17(30)12-22(2,28-21(29)24)15-5-3-6-16(18(15)23)27-20(31)19-25-8-4-9-26-19/h3-6,8-9,13-14H,7,10-12H2,1-2H3,(H2,24,28)(H,27,31)/t13-,14-,22+/m1/s1. The molecule has 2 aliphatic rings. The molecule has 32 heavy (non-hydrogen) atoms. The van der Waals surface area contributed by atoms with Crippen LogP contribution in [0.15, 0.2) is 36.7 Å². The van der Waals surface area contributed by atoms with Crippen molar-refractivity contribution in [3.05, 3.63) is 53.1 Å². The molecule has 9 nitrogen and oxygen atoms in total. The molecule has 1 aromatic heterocycles. The lowest BCUT2D eigenvalue weighted by Crippen LogP contribution is -2.63. The van der Waals surface area contributed by atoms with Crippen molar-refractivity contribution in [3.8, 4) is 0 Å². The number of nitrogens with zero attached hydrogens (tertiary/aromatic N) is 3. The number of ether oxygens (including phenoxy) is 1. The molecular formula is C22H25ClN6O3. The number of aromatic nitrogens is 2. The number of anilines is 1. The minimum atomic E-state index is -0.900. The van der Waals surface area contributed by atoms with Gasteiger partial charge in [-0.25, -0.2) is 9.97 Å². The van der Waals surface area contributed by atoms with Gasteiger partial charge in [0.15, 0.2) is 5.96 Å². The van der Waals surface area contributed by atoms with Crippen molar-refractivity contribution in [3.63, 3.8) is 0 Å². The number of hydrogen-bond acceptors (Lipinski definition) is 6. The van der Waals surface area contributed by atoms with E-state index in [1.165, 1.54) is 17.3 Å². The molecule has 4 rings (SSSR count). The highest BCUT2D eigenvalue weighted by Crippen LogP contribution is 2.38. The van der Waals surface area contributed by atoms with E-state index in [9.17, 15) is 9.59 Å². The Kier molecular flexibility index (Phi) is 6.12. The summed E-state index contributed by atoms with van der Waals surface area (Å²) < 4.78 is 5.58. The third-order valence-corrected chi connectivity index (χ3v) is 6.25. The van der Waals surface area contributed by atoms with Crippen LogP contribution in [0.2, 0.25) is 5.02 Å². The second-order valence-corrected chi connectivity index (χ2v) is 8.68. The van der Waals surface area contributed by atoms with Crippen LogP contribution in [0, 0.1) is 5.41 Å². The minimum Gasteiger partial charge on any atom is -0.378 e. The van der Waals surface area contributed by atoms with Crippen molar-refractivity contribution in [1.82, 2.24) is 20.2 Å². The molecule has 0 radical (unpaired) electrons. The molecule has 0 bridgehead atoms. The van der Waals surface area contributed by atoms with Gasteiger partial charge in [-0.1, -0.05) is 23.7 Å². The predicted molar refractivity (Wildman–Crippen MR) is 120 cm³/mol. The third-order valence-electron chi connectivity index (χ3n) is 5.84. The highest BCUT2D eigenvalue weighted by molar-refractivity contribution is 6.34. The molecule has 0 spiro atoms. The molecule has 10 heteroatoms. The molecule has 2 saturated heterocycles. The summed E-state index contributed by atoms with van der Waals surface area (Å²) in [5, 5.41) is 14.8. The van der Waals surface area contributed by atoms with Gasteiger partial charge >= 0.3 is 0 Å². The van der Waals surface area contributed by atoms with E-state index in [-0.39, 0.29) is 36.3 Å². The van der Waals surface area contributed by atoms with Crippen molar-refractivity contribution in [2.75, 3.05) is 11.9 Å². The highest BCUT2D eigenvalue weighted by atomic mass is 35.5. The zero-order chi connectivity index (χ0) is 22.9. The van der Waals surface area contributed by atoms with Crippen LogP contribution in [0.5, 0.6) is 0 Å². The van der Waals surface area contributed by atoms with E-state index in [0.29, 0.717) is 35.7 Å². The lowest BCUT2D eigenvalue weighted by atomic mass is 9.85. The monoisotopic (exact) mass is 456 g/mol. The van der Waals surface area contributed by atoms with E-state index in [2.05, 4.69) is 20.6 Å². The SMILES string of the molecule is C[C@@H]1C[C@H](N2C(=N)N[C@](C)(c3cccc(NC(=O)c4ncccn4)c3Cl)CC2=O)CCO1. The van der Waals surface area contributed by atoms with E-state index in [1.54, 1.807) is 24.3 Å². The number of halogens is 1. The normalized spacial score (nSPS) is 25.9. The number of rotatable bonds is 4. The van der Waals surface area contributed by atoms with Crippen molar-refractivity contribution in [2.45, 2.75) is 50.8 Å². The fourth-order valence-corrected chi connectivity index (χ4v) is 4.67. The Labute approximate surface area is 191 Å². The van der Waals surface area contributed by atoms with E-state index in [4.69, 9.17) is 21.7 Å². The first-order chi connectivity index (χ1) is 15.3. The average Bonchev–Trinajstić information content (AvgIpc) is 2.75. The van der Waals surface area contributed by atoms with Crippen LogP contribution in [0.4, 0.5) is 5.69 Å². The summed E-state index contributed by atoms with van der Waals surface area (Å²) in [5.74, 6) is -0.561. The number of benzene rings is 1. The molecule has 2 fully saturated rings. The van der Waals surface area contributed by atoms with Crippen LogP contribution in [0.1, 0.15) is 49.3 Å². The molecule has 3 N–H and O–H groups in total. The molecule has 2 amide bonds. The van der Waals surface area contributed by atoms with Gasteiger partial charge in [-0.2, -0.15) is 0 Å². The second-order valence-electron chi connectivity index (χ2n) is 8.30. The first-order valence-electron chi connectivity index (χ1n) is 10.5. The Bertz CT molecular complexity index is 1030. The number of guanidine groups is 1. The van der Waals surface area contributed by atoms with Gasteiger partial charge in [0.1, 0.15) is 0 Å². The summed E-state index contributed by atoms with van der Waals surface area (Å²) in [6, 6.07) is 6.76. The van der Waals surface area contributed by atoms with Crippen molar-refractivity contribution in [2.24, 2.45) is 0 Å². The molecule has 168 valence electrons. The molecule has 2 aliphatic heterocycles. The van der Waals surface area contributed by atoms with E-state index < -0.39 is 11.4 Å². The van der Waals surface area contributed by atoms with Crippen LogP contribution in [0.3, 0.4) is 0 Å². The maximum absolute atomic E-state index is 13.1. The second kappa shape index (κ2) is 8.84. The van der Waals surface area contributed by atoms with Gasteiger partial charge in [0, 0.05) is 25.0 Å². The molecule has 0 saturated carbocycles. The van der Waals surface area contributed by atoms with Crippen LogP contribution < -0.4 is 10.6 Å². The number of carbonyl (C=O) groups excluding carboxylic acids is 2. The smallest absolute Gasteiger partial charge is 0.293 e. The van der Waals surface area contributed by atoms with Crippen molar-refractivity contribution in [1.29, 1.82) is 5.41 Å². The maximum atomic E-state index is 13.1. The predicted octanol–water partition coefficient (Wildman–Crippen LogP) is 2.92. The van der Waals surface area contributed by atoms with Crippen LogP contribution in [0.25, 0.3) is 0 Å². The molecule has 0 aliphatic carbocycles. The number of carbonyl (C=O) groups is 2. The van der Waals surface area contributed by atoms with Gasteiger partial charge in [-0.3, -0.25) is 19.9 Å². The first-order valence-corrected chi connectivity index (χ1v) is 10.8. The Morgan fingerprint density at radius 2 is 2.09 bits per heavy atom. The molecule has 3 heterocycles. The topological polar surface area (TPSA) is 120 Å². The van der Waals surface area contributed by atoms with E-state index in [1.807, 2.05) is 13.8 Å². The largest absolute Gasteiger partial charge is 0.378 e. The fourth-order valence-electron chi connectivity index (χ4n) is 4.28. The van der Waals surface area contributed by atoms with Gasteiger partial charge in [0.2, 0.25) is 11.7 Å². The first kappa shape index (κ1) is 22.2. The number of amides is 2. The molecule has 3 atom stereocenters. The van der Waals surface area contributed by atoms with E-state index in [0.717, 1.165) is 0 Å². The highest BCUT2D eigenvalue weighted by Gasteiger charge is 2.43. The lowest BCUT2D eigenvalue weighted by Gasteiger charge is -2.45. The molecule has 1 aromatic carbocycles. The summed E-state index contributed by atoms with van der Waals surface area (Å²) >= 11 is 6.66. The van der Waals surface area contributed by atoms with Crippen LogP contribution in [-0.2, 0) is 15.1 Å². The van der Waals surface area contributed by atoms with Gasteiger partial charge < -0.3 is 15.4 Å². The zero-order valence-corrected chi connectivity index (χ0v) is 18.6. The van der Waals surface area contributed by atoms with E-state index >= 15 is 0 Å². The fraction of sp³-hybridized carbons (Fsp3) is 0.409. The summed E-state index contributed by atoms with van der Waals surface area (Å²) in [6.45, 7) is 4.37. The molecule has 2 aromatic rings. The van der Waals surface area contributed by atoms with Crippen LogP contribution >= 0.6 is 11.6 Å². The third kappa shape index (κ3) is 4.31. The quantitative estimate of drug-likeness (QED) is 0.650. The Morgan fingerprint density at radius 1 is 1.34 bits per heavy atom. The Hall–Kier alpha value is -3.04. The Balaban J connectivity index is 1.56. The zero-order valence-electron chi connectivity index (χ0n) is 17.9. The average molecular weight is 457 g/mol. The Morgan fingerprint density at radius 3 is 2.78 bits per heavy atom. The summed E-state index contributed by atoms with van der Waals surface area (Å²) in [5.41, 5.74) is 0.0936. The number of nitrogens with one attached hydrogen (secondary N) is 3. The summed E-state index contributed by atoms with van der Waals surface area (Å²) in [4.78, 5) is 35.0.